The van der Waals surface area contributed by atoms with Crippen LogP contribution >= 0.6 is 11.8 Å². The number of aryl methyl sites for hydroxylation is 2. The molecule has 0 spiro atoms. The van der Waals surface area contributed by atoms with Crippen molar-refractivity contribution in [2.45, 2.75) is 38.5 Å². The molecule has 1 amide bonds. The Morgan fingerprint density at radius 2 is 1.82 bits per heavy atom. The molecule has 0 atom stereocenters. The van der Waals surface area contributed by atoms with Crippen LogP contribution in [-0.2, 0) is 24.3 Å². The fourth-order valence-corrected chi connectivity index (χ4v) is 4.53. The number of rotatable bonds is 9. The first-order valence-corrected chi connectivity index (χ1v) is 12.1. The first-order valence-electron chi connectivity index (χ1n) is 11.1. The number of carbonyl (C=O) groups excluding carboxylic acids is 1. The Hall–Kier alpha value is -3.46. The quantitative estimate of drug-likeness (QED) is 0.293. The summed E-state index contributed by atoms with van der Waals surface area (Å²) in [5, 5.41) is 7.79. The molecular weight excluding hydrogens is 453 g/mol. The molecule has 34 heavy (non-hydrogen) atoms. The van der Waals surface area contributed by atoms with E-state index in [1.807, 2.05) is 44.2 Å². The van der Waals surface area contributed by atoms with Gasteiger partial charge in [0.05, 0.1) is 18.0 Å². The second-order valence-electron chi connectivity index (χ2n) is 7.88. The molecule has 0 unspecified atom stereocenters. The van der Waals surface area contributed by atoms with E-state index < -0.39 is 0 Å². The van der Waals surface area contributed by atoms with Crippen molar-refractivity contribution in [1.82, 2.24) is 24.6 Å². The number of nitrogens with one attached hydrogen (secondary N) is 1. The van der Waals surface area contributed by atoms with E-state index >= 15 is 0 Å². The van der Waals surface area contributed by atoms with Gasteiger partial charge in [-0.3, -0.25) is 18.8 Å². The zero-order valence-corrected chi connectivity index (χ0v) is 19.9. The van der Waals surface area contributed by atoms with Gasteiger partial charge in [0, 0.05) is 13.1 Å². The summed E-state index contributed by atoms with van der Waals surface area (Å²) in [6, 6.07) is 15.9. The average Bonchev–Trinajstić information content (AvgIpc) is 3.17. The summed E-state index contributed by atoms with van der Waals surface area (Å²) in [7, 11) is 0. The Labute approximate surface area is 201 Å². The standard InChI is InChI=1S/C25H26FN5O2S/c1-3-31-23-22(17(2)29-31)28-25(30(24(23)33)15-19-9-11-20(26)12-10-19)34-16-21(32)27-14-13-18-7-5-4-6-8-18/h4-12H,3,13-16H2,1-2H3,(H,27,32). The van der Waals surface area contributed by atoms with Gasteiger partial charge in [0.15, 0.2) is 10.7 Å². The third kappa shape index (κ3) is 5.36. The molecule has 0 fully saturated rings. The number of halogens is 1. The van der Waals surface area contributed by atoms with Crippen molar-refractivity contribution in [2.24, 2.45) is 0 Å². The molecule has 7 nitrogen and oxygen atoms in total. The summed E-state index contributed by atoms with van der Waals surface area (Å²) in [5.41, 5.74) is 3.31. The van der Waals surface area contributed by atoms with Crippen LogP contribution in [0.15, 0.2) is 64.5 Å². The molecular formula is C25H26FN5O2S. The van der Waals surface area contributed by atoms with Gasteiger partial charge < -0.3 is 5.32 Å². The van der Waals surface area contributed by atoms with Gasteiger partial charge in [0.25, 0.3) is 5.56 Å². The molecule has 0 bridgehead atoms. The first kappa shape index (κ1) is 23.7. The Morgan fingerprint density at radius 3 is 2.53 bits per heavy atom. The molecule has 0 radical (unpaired) electrons. The van der Waals surface area contributed by atoms with Crippen molar-refractivity contribution in [2.75, 3.05) is 12.3 Å². The predicted molar refractivity (Wildman–Crippen MR) is 132 cm³/mol. The van der Waals surface area contributed by atoms with Crippen LogP contribution in [0.2, 0.25) is 0 Å². The van der Waals surface area contributed by atoms with Crippen molar-refractivity contribution in [3.05, 3.63) is 87.6 Å². The Morgan fingerprint density at radius 1 is 1.09 bits per heavy atom. The highest BCUT2D eigenvalue weighted by molar-refractivity contribution is 7.99. The molecule has 4 rings (SSSR count). The summed E-state index contributed by atoms with van der Waals surface area (Å²) in [6.45, 7) is 5.01. The molecule has 2 aromatic heterocycles. The summed E-state index contributed by atoms with van der Waals surface area (Å²) in [5.74, 6) is -0.354. The number of fused-ring (bicyclic) bond motifs is 1. The minimum Gasteiger partial charge on any atom is -0.355 e. The van der Waals surface area contributed by atoms with E-state index in [1.54, 1.807) is 16.8 Å². The molecule has 0 aliphatic heterocycles. The van der Waals surface area contributed by atoms with Gasteiger partial charge in [-0.25, -0.2) is 9.37 Å². The van der Waals surface area contributed by atoms with E-state index in [-0.39, 0.29) is 29.6 Å². The predicted octanol–water partition coefficient (Wildman–Crippen LogP) is 3.56. The number of carbonyl (C=O) groups is 1. The SMILES string of the molecule is CCn1nc(C)c2nc(SCC(=O)NCCc3ccccc3)n(Cc3ccc(F)cc3)c(=O)c21. The van der Waals surface area contributed by atoms with E-state index in [0.29, 0.717) is 35.0 Å². The van der Waals surface area contributed by atoms with Gasteiger partial charge in [-0.05, 0) is 43.5 Å². The third-order valence-electron chi connectivity index (χ3n) is 5.45. The smallest absolute Gasteiger partial charge is 0.280 e. The number of amides is 1. The lowest BCUT2D eigenvalue weighted by Crippen LogP contribution is -2.29. The number of hydrogen-bond acceptors (Lipinski definition) is 5. The van der Waals surface area contributed by atoms with Crippen LogP contribution in [0, 0.1) is 12.7 Å². The van der Waals surface area contributed by atoms with Crippen LogP contribution in [-0.4, -0.2) is 37.5 Å². The topological polar surface area (TPSA) is 81.8 Å². The number of benzene rings is 2. The third-order valence-corrected chi connectivity index (χ3v) is 6.42. The van der Waals surface area contributed by atoms with E-state index in [1.165, 1.54) is 28.5 Å². The monoisotopic (exact) mass is 479 g/mol. The van der Waals surface area contributed by atoms with Crippen molar-refractivity contribution in [3.8, 4) is 0 Å². The molecule has 0 saturated carbocycles. The first-order chi connectivity index (χ1) is 16.5. The number of thioether (sulfide) groups is 1. The van der Waals surface area contributed by atoms with E-state index in [2.05, 4.69) is 10.4 Å². The highest BCUT2D eigenvalue weighted by Gasteiger charge is 2.19. The van der Waals surface area contributed by atoms with Crippen LogP contribution in [0.25, 0.3) is 11.0 Å². The molecule has 0 saturated heterocycles. The van der Waals surface area contributed by atoms with Gasteiger partial charge >= 0.3 is 0 Å². The number of hydrogen-bond donors (Lipinski definition) is 1. The summed E-state index contributed by atoms with van der Waals surface area (Å²) in [6.07, 6.45) is 0.742. The molecule has 2 heterocycles. The maximum absolute atomic E-state index is 13.5. The van der Waals surface area contributed by atoms with Crippen LogP contribution in [0.3, 0.4) is 0 Å². The number of nitrogens with zero attached hydrogens (tertiary/aromatic N) is 4. The lowest BCUT2D eigenvalue weighted by Gasteiger charge is -2.13. The minimum atomic E-state index is -0.342. The van der Waals surface area contributed by atoms with E-state index in [9.17, 15) is 14.0 Å². The average molecular weight is 480 g/mol. The van der Waals surface area contributed by atoms with Crippen LogP contribution < -0.4 is 10.9 Å². The largest absolute Gasteiger partial charge is 0.355 e. The fourth-order valence-electron chi connectivity index (χ4n) is 3.71. The Balaban J connectivity index is 1.56. The summed E-state index contributed by atoms with van der Waals surface area (Å²) >= 11 is 1.21. The lowest BCUT2D eigenvalue weighted by molar-refractivity contribution is -0.118. The minimum absolute atomic E-state index is 0.122. The van der Waals surface area contributed by atoms with Gasteiger partial charge in [0.2, 0.25) is 5.91 Å². The normalized spacial score (nSPS) is 11.1. The van der Waals surface area contributed by atoms with Crippen molar-refractivity contribution in [1.29, 1.82) is 0 Å². The van der Waals surface area contributed by atoms with E-state index in [4.69, 9.17) is 4.98 Å². The maximum atomic E-state index is 13.5. The van der Waals surface area contributed by atoms with Gasteiger partial charge in [0.1, 0.15) is 11.3 Å². The van der Waals surface area contributed by atoms with Gasteiger partial charge in [-0.2, -0.15) is 5.10 Å². The van der Waals surface area contributed by atoms with Crippen molar-refractivity contribution in [3.63, 3.8) is 0 Å². The molecule has 0 aliphatic rings. The highest BCUT2D eigenvalue weighted by atomic mass is 32.2. The molecule has 9 heteroatoms. The molecule has 2 aromatic carbocycles. The maximum Gasteiger partial charge on any atom is 0.280 e. The van der Waals surface area contributed by atoms with Crippen molar-refractivity contribution >= 4 is 28.7 Å². The van der Waals surface area contributed by atoms with Crippen molar-refractivity contribution < 1.29 is 9.18 Å². The Bertz CT molecular complexity index is 1350. The second-order valence-corrected chi connectivity index (χ2v) is 8.83. The molecule has 176 valence electrons. The van der Waals surface area contributed by atoms with Gasteiger partial charge in [-0.1, -0.05) is 54.2 Å². The Kier molecular flexibility index (Phi) is 7.42. The molecule has 1 N–H and O–H groups in total. The highest BCUT2D eigenvalue weighted by Crippen LogP contribution is 2.21. The van der Waals surface area contributed by atoms with Crippen LogP contribution in [0.1, 0.15) is 23.7 Å². The summed E-state index contributed by atoms with van der Waals surface area (Å²) in [4.78, 5) is 30.6. The molecule has 4 aromatic rings. The lowest BCUT2D eigenvalue weighted by atomic mass is 10.1. The number of aromatic nitrogens is 4. The van der Waals surface area contributed by atoms with Gasteiger partial charge in [-0.15, -0.1) is 0 Å². The molecule has 0 aliphatic carbocycles. The fraction of sp³-hybridized carbons (Fsp3) is 0.280. The van der Waals surface area contributed by atoms with E-state index in [0.717, 1.165) is 17.5 Å². The summed E-state index contributed by atoms with van der Waals surface area (Å²) < 4.78 is 16.5. The zero-order chi connectivity index (χ0) is 24.1. The second kappa shape index (κ2) is 10.6. The van der Waals surface area contributed by atoms with Crippen LogP contribution in [0.5, 0.6) is 0 Å². The van der Waals surface area contributed by atoms with Crippen LogP contribution in [0.4, 0.5) is 4.39 Å². The zero-order valence-electron chi connectivity index (χ0n) is 19.1.